The van der Waals surface area contributed by atoms with E-state index in [0.29, 0.717) is 16.4 Å². The van der Waals surface area contributed by atoms with Gasteiger partial charge in [0.15, 0.2) is 0 Å². The number of para-hydroxylation sites is 1. The van der Waals surface area contributed by atoms with Crippen molar-refractivity contribution in [3.05, 3.63) is 119 Å². The van der Waals surface area contributed by atoms with Crippen LogP contribution >= 0.6 is 11.3 Å². The zero-order chi connectivity index (χ0) is 30.5. The second kappa shape index (κ2) is 12.8. The van der Waals surface area contributed by atoms with E-state index in [1.54, 1.807) is 13.3 Å². The topological polar surface area (TPSA) is 115 Å². The monoisotopic (exact) mass is 603 g/mol. The molecule has 1 atom stereocenters. The van der Waals surface area contributed by atoms with Gasteiger partial charge in [0, 0.05) is 22.4 Å². The van der Waals surface area contributed by atoms with Crippen molar-refractivity contribution in [2.24, 2.45) is 0 Å². The predicted molar refractivity (Wildman–Crippen MR) is 169 cm³/mol. The Hall–Kier alpha value is -5.42. The van der Waals surface area contributed by atoms with Crippen molar-refractivity contribution in [1.29, 1.82) is 0 Å². The van der Waals surface area contributed by atoms with Crippen molar-refractivity contribution < 1.29 is 14.3 Å². The Kier molecular flexibility index (Phi) is 8.37. The molecule has 11 heteroatoms. The summed E-state index contributed by atoms with van der Waals surface area (Å²) in [5.74, 6) is 0.401. The average Bonchev–Trinajstić information content (AvgIpc) is 3.76. The number of hydrogen-bond acceptors (Lipinski definition) is 8. The number of pyridine rings is 1. The number of aromatic nitrogens is 5. The molecule has 0 unspecified atom stereocenters. The highest BCUT2D eigenvalue weighted by Crippen LogP contribution is 2.32. The number of carbonyl (C=O) groups is 2. The first-order valence-electron chi connectivity index (χ1n) is 13.9. The summed E-state index contributed by atoms with van der Waals surface area (Å²) in [4.78, 5) is 36.2. The molecule has 3 aromatic carbocycles. The van der Waals surface area contributed by atoms with E-state index >= 15 is 0 Å². The van der Waals surface area contributed by atoms with Gasteiger partial charge < -0.3 is 10.1 Å². The summed E-state index contributed by atoms with van der Waals surface area (Å²) < 4.78 is 5.25. The smallest absolute Gasteiger partial charge is 0.251 e. The highest BCUT2D eigenvalue weighted by Gasteiger charge is 2.34. The van der Waals surface area contributed by atoms with Crippen LogP contribution in [0.3, 0.4) is 0 Å². The maximum atomic E-state index is 14.2. The standard InChI is InChI=1S/C33H29N7O3S/c1-22-9-13-24(14-10-22)32-36-38-39(37-32)21-30(41)40(26-18-25-6-3-4-7-28(25)34-20-26)31(29-8-5-17-44-29)33(42)35-19-23-11-15-27(43-2)16-12-23/h3-18,20,31H,19,21H2,1-2H3,(H,35,42)/t31-/m1/s1. The summed E-state index contributed by atoms with van der Waals surface area (Å²) in [5.41, 5.74) is 4.05. The maximum Gasteiger partial charge on any atom is 0.251 e. The Morgan fingerprint density at radius 3 is 2.55 bits per heavy atom. The van der Waals surface area contributed by atoms with Crippen molar-refractivity contribution in [1.82, 2.24) is 30.5 Å². The van der Waals surface area contributed by atoms with Crippen LogP contribution in [0.5, 0.6) is 5.75 Å². The first kappa shape index (κ1) is 28.7. The number of aryl methyl sites for hydroxylation is 1. The van der Waals surface area contributed by atoms with Gasteiger partial charge in [0.05, 0.1) is 24.5 Å². The Balaban J connectivity index is 1.34. The van der Waals surface area contributed by atoms with Crippen LogP contribution in [0.25, 0.3) is 22.3 Å². The number of tetrazole rings is 1. The number of carbonyl (C=O) groups excluding carboxylic acids is 2. The van der Waals surface area contributed by atoms with E-state index in [4.69, 9.17) is 4.74 Å². The minimum atomic E-state index is -0.969. The molecule has 10 nitrogen and oxygen atoms in total. The van der Waals surface area contributed by atoms with Gasteiger partial charge in [-0.05, 0) is 53.4 Å². The van der Waals surface area contributed by atoms with Gasteiger partial charge in [0.2, 0.25) is 11.7 Å². The van der Waals surface area contributed by atoms with Gasteiger partial charge in [0.1, 0.15) is 18.3 Å². The van der Waals surface area contributed by atoms with Gasteiger partial charge in [-0.25, -0.2) is 0 Å². The molecule has 44 heavy (non-hydrogen) atoms. The van der Waals surface area contributed by atoms with Crippen molar-refractivity contribution in [2.45, 2.75) is 26.1 Å². The summed E-state index contributed by atoms with van der Waals surface area (Å²) in [6.45, 7) is 2.03. The van der Waals surface area contributed by atoms with Crippen molar-refractivity contribution in [3.63, 3.8) is 0 Å². The first-order valence-corrected chi connectivity index (χ1v) is 14.8. The van der Waals surface area contributed by atoms with Gasteiger partial charge in [-0.3, -0.25) is 19.5 Å². The van der Waals surface area contributed by atoms with Crippen LogP contribution in [0.15, 0.2) is 103 Å². The van der Waals surface area contributed by atoms with E-state index in [2.05, 4.69) is 25.7 Å². The SMILES string of the molecule is COc1ccc(CNC(=O)[C@@H](c2cccs2)N(C(=O)Cn2nnc(-c3ccc(C)cc3)n2)c2cnc3ccccc3c2)cc1. The first-order chi connectivity index (χ1) is 21.5. The van der Waals surface area contributed by atoms with Gasteiger partial charge in [-0.1, -0.05) is 66.2 Å². The lowest BCUT2D eigenvalue weighted by molar-refractivity contribution is -0.127. The third-order valence-electron chi connectivity index (χ3n) is 7.11. The molecule has 0 bridgehead atoms. The van der Waals surface area contributed by atoms with E-state index in [1.165, 1.54) is 21.0 Å². The number of anilines is 1. The molecule has 1 N–H and O–H groups in total. The number of rotatable bonds is 10. The number of hydrogen-bond donors (Lipinski definition) is 1. The summed E-state index contributed by atoms with van der Waals surface area (Å²) >= 11 is 1.40. The fourth-order valence-electron chi connectivity index (χ4n) is 4.80. The molecule has 6 rings (SSSR count). The number of methoxy groups -OCH3 is 1. The molecule has 0 aliphatic rings. The van der Waals surface area contributed by atoms with E-state index in [0.717, 1.165) is 33.3 Å². The van der Waals surface area contributed by atoms with E-state index in [-0.39, 0.29) is 19.0 Å². The minimum Gasteiger partial charge on any atom is -0.497 e. The van der Waals surface area contributed by atoms with Crippen molar-refractivity contribution in [2.75, 3.05) is 12.0 Å². The summed E-state index contributed by atoms with van der Waals surface area (Å²) in [6, 6.07) is 27.4. The van der Waals surface area contributed by atoms with E-state index < -0.39 is 11.9 Å². The van der Waals surface area contributed by atoms with Gasteiger partial charge in [-0.15, -0.1) is 21.5 Å². The average molecular weight is 604 g/mol. The largest absolute Gasteiger partial charge is 0.497 e. The Morgan fingerprint density at radius 1 is 1.00 bits per heavy atom. The van der Waals surface area contributed by atoms with Gasteiger partial charge in [-0.2, -0.15) is 4.80 Å². The number of fused-ring (bicyclic) bond motifs is 1. The molecule has 0 saturated heterocycles. The lowest BCUT2D eigenvalue weighted by Gasteiger charge is -2.30. The molecular formula is C33H29N7O3S. The number of nitrogens with zero attached hydrogens (tertiary/aromatic N) is 6. The molecule has 0 aliphatic heterocycles. The lowest BCUT2D eigenvalue weighted by Crippen LogP contribution is -2.45. The fourth-order valence-corrected chi connectivity index (χ4v) is 5.62. The van der Waals surface area contributed by atoms with Crippen molar-refractivity contribution in [3.8, 4) is 17.1 Å². The maximum absolute atomic E-state index is 14.2. The molecule has 2 amide bonds. The van der Waals surface area contributed by atoms with Crippen LogP contribution in [-0.4, -0.2) is 44.1 Å². The molecule has 0 spiro atoms. The summed E-state index contributed by atoms with van der Waals surface area (Å²) in [5, 5.41) is 18.5. The predicted octanol–water partition coefficient (Wildman–Crippen LogP) is 5.36. The van der Waals surface area contributed by atoms with Crippen LogP contribution in [0, 0.1) is 6.92 Å². The quantitative estimate of drug-likeness (QED) is 0.224. The number of thiophene rings is 1. The third-order valence-corrected chi connectivity index (χ3v) is 8.03. The molecule has 0 radical (unpaired) electrons. The highest BCUT2D eigenvalue weighted by atomic mass is 32.1. The van der Waals surface area contributed by atoms with Crippen LogP contribution in [0.1, 0.15) is 22.0 Å². The van der Waals surface area contributed by atoms with E-state index in [9.17, 15) is 9.59 Å². The second-order valence-corrected chi connectivity index (χ2v) is 11.1. The highest BCUT2D eigenvalue weighted by molar-refractivity contribution is 7.10. The second-order valence-electron chi connectivity index (χ2n) is 10.1. The summed E-state index contributed by atoms with van der Waals surface area (Å²) in [6.07, 6.45) is 1.62. The zero-order valence-electron chi connectivity index (χ0n) is 24.1. The molecule has 220 valence electrons. The number of nitrogens with one attached hydrogen (secondary N) is 1. The van der Waals surface area contributed by atoms with E-state index in [1.807, 2.05) is 103 Å². The Labute approximate surface area is 257 Å². The Bertz CT molecular complexity index is 1890. The molecule has 3 aromatic heterocycles. The van der Waals surface area contributed by atoms with Gasteiger partial charge >= 0.3 is 0 Å². The number of benzene rings is 3. The molecule has 0 fully saturated rings. The molecule has 6 aromatic rings. The minimum absolute atomic E-state index is 0.237. The normalized spacial score (nSPS) is 11.7. The fraction of sp³-hybridized carbons (Fsp3) is 0.152. The molecule has 0 saturated carbocycles. The molecular weight excluding hydrogens is 574 g/mol. The van der Waals surface area contributed by atoms with Crippen molar-refractivity contribution >= 4 is 39.7 Å². The molecule has 3 heterocycles. The number of ether oxygens (including phenoxy) is 1. The third kappa shape index (κ3) is 6.32. The number of amides is 2. The molecule has 0 aliphatic carbocycles. The van der Waals surface area contributed by atoms with Crippen LogP contribution in [0.2, 0.25) is 0 Å². The zero-order valence-corrected chi connectivity index (χ0v) is 24.9. The lowest BCUT2D eigenvalue weighted by atomic mass is 10.1. The van der Waals surface area contributed by atoms with Crippen LogP contribution in [-0.2, 0) is 22.7 Å². The van der Waals surface area contributed by atoms with Crippen LogP contribution < -0.4 is 15.0 Å². The summed E-state index contributed by atoms with van der Waals surface area (Å²) in [7, 11) is 1.60. The Morgan fingerprint density at radius 2 is 1.80 bits per heavy atom. The van der Waals surface area contributed by atoms with Gasteiger partial charge in [0.25, 0.3) is 5.91 Å². The van der Waals surface area contributed by atoms with Crippen LogP contribution in [0.4, 0.5) is 5.69 Å².